The normalized spacial score (nSPS) is 10.4. The van der Waals surface area contributed by atoms with Gasteiger partial charge in [0, 0.05) is 12.8 Å². The van der Waals surface area contributed by atoms with Crippen LogP contribution in [0.2, 0.25) is 0 Å². The highest BCUT2D eigenvalue weighted by Crippen LogP contribution is 2.26. The lowest BCUT2D eigenvalue weighted by atomic mass is 10.0. The predicted molar refractivity (Wildman–Crippen MR) is 101 cm³/mol. The number of carbonyl (C=O) groups is 2. The zero-order valence-corrected chi connectivity index (χ0v) is 15.5. The first-order valence-corrected chi connectivity index (χ1v) is 8.68. The average molecular weight is 372 g/mol. The van der Waals surface area contributed by atoms with E-state index in [0.29, 0.717) is 24.3 Å². The maximum Gasteiger partial charge on any atom is 0.140 e. The maximum atomic E-state index is 12.1. The lowest BCUT2D eigenvalue weighted by Crippen LogP contribution is -2.10. The van der Waals surface area contributed by atoms with Crippen molar-refractivity contribution in [3.05, 3.63) is 47.5 Å². The molecule has 0 fully saturated rings. The second-order valence-corrected chi connectivity index (χ2v) is 6.25. The number of rotatable bonds is 10. The van der Waals surface area contributed by atoms with Crippen molar-refractivity contribution in [2.24, 2.45) is 0 Å². The number of ketones is 2. The Bertz CT molecular complexity index is 745. The molecule has 144 valence electrons. The Morgan fingerprint density at radius 1 is 0.778 bits per heavy atom. The molecule has 0 heterocycles. The number of aromatic hydroxyl groups is 2. The number of methoxy groups -OCH3 is 2. The van der Waals surface area contributed by atoms with Gasteiger partial charge in [-0.3, -0.25) is 9.59 Å². The van der Waals surface area contributed by atoms with Gasteiger partial charge in [0.1, 0.15) is 34.6 Å². The number of aryl methyl sites for hydroxylation is 2. The number of ether oxygens (including phenoxy) is 2. The van der Waals surface area contributed by atoms with Gasteiger partial charge in [0.15, 0.2) is 0 Å². The summed E-state index contributed by atoms with van der Waals surface area (Å²) >= 11 is 0. The standard InChI is InChI=1S/C21H24O6/c1-26-20-9-7-16(22)11-14(20)3-5-18(24)13-19(25)6-4-15-12-17(23)8-10-21(15)27-2/h7-12,22-23H,3-6,13H2,1-2H3. The molecule has 6 heteroatoms. The van der Waals surface area contributed by atoms with Crippen LogP contribution in [-0.2, 0) is 22.4 Å². The molecule has 0 aliphatic rings. The molecular formula is C21H24O6. The van der Waals surface area contributed by atoms with Crippen LogP contribution >= 0.6 is 0 Å². The number of phenols is 2. The summed E-state index contributed by atoms with van der Waals surface area (Å²) in [5.41, 5.74) is 1.45. The third-order valence-corrected chi connectivity index (χ3v) is 4.27. The quantitative estimate of drug-likeness (QED) is 0.622. The van der Waals surface area contributed by atoms with Crippen LogP contribution in [0.25, 0.3) is 0 Å². The van der Waals surface area contributed by atoms with Gasteiger partial charge in [0.25, 0.3) is 0 Å². The Morgan fingerprint density at radius 2 is 1.19 bits per heavy atom. The molecule has 0 aliphatic carbocycles. The Balaban J connectivity index is 1.85. The molecule has 0 unspecified atom stereocenters. The monoisotopic (exact) mass is 372 g/mol. The Labute approximate surface area is 158 Å². The van der Waals surface area contributed by atoms with Crippen molar-refractivity contribution in [1.29, 1.82) is 0 Å². The minimum atomic E-state index is -0.159. The van der Waals surface area contributed by atoms with Crippen molar-refractivity contribution in [3.8, 4) is 23.0 Å². The molecule has 0 atom stereocenters. The third-order valence-electron chi connectivity index (χ3n) is 4.27. The number of phenolic OH excluding ortho intramolecular Hbond substituents is 2. The van der Waals surface area contributed by atoms with Crippen molar-refractivity contribution in [2.45, 2.75) is 32.1 Å². The summed E-state index contributed by atoms with van der Waals surface area (Å²) in [5, 5.41) is 19.1. The van der Waals surface area contributed by atoms with Crippen LogP contribution in [0, 0.1) is 0 Å². The Morgan fingerprint density at radius 3 is 1.56 bits per heavy atom. The van der Waals surface area contributed by atoms with Crippen molar-refractivity contribution < 1.29 is 29.3 Å². The van der Waals surface area contributed by atoms with E-state index in [9.17, 15) is 19.8 Å². The zero-order valence-electron chi connectivity index (χ0n) is 15.5. The second-order valence-electron chi connectivity index (χ2n) is 6.25. The molecule has 0 aromatic heterocycles. The summed E-state index contributed by atoms with van der Waals surface area (Å²) in [7, 11) is 3.05. The number of carbonyl (C=O) groups excluding carboxylic acids is 2. The van der Waals surface area contributed by atoms with Gasteiger partial charge in [-0.25, -0.2) is 0 Å². The molecular weight excluding hydrogens is 348 g/mol. The number of hydrogen-bond acceptors (Lipinski definition) is 6. The van der Waals surface area contributed by atoms with Gasteiger partial charge < -0.3 is 19.7 Å². The topological polar surface area (TPSA) is 93.1 Å². The van der Waals surface area contributed by atoms with Gasteiger partial charge in [-0.15, -0.1) is 0 Å². The maximum absolute atomic E-state index is 12.1. The van der Waals surface area contributed by atoms with E-state index < -0.39 is 0 Å². The number of hydrogen-bond donors (Lipinski definition) is 2. The Hall–Kier alpha value is -3.02. The third kappa shape index (κ3) is 6.02. The highest BCUT2D eigenvalue weighted by Gasteiger charge is 2.13. The number of benzene rings is 2. The molecule has 6 nitrogen and oxygen atoms in total. The van der Waals surface area contributed by atoms with E-state index in [0.717, 1.165) is 11.1 Å². The molecule has 0 saturated carbocycles. The summed E-state index contributed by atoms with van der Waals surface area (Å²) in [6.07, 6.45) is 1.04. The van der Waals surface area contributed by atoms with Crippen molar-refractivity contribution in [1.82, 2.24) is 0 Å². The first-order chi connectivity index (χ1) is 12.9. The van der Waals surface area contributed by atoms with E-state index in [1.54, 1.807) is 24.3 Å². The summed E-state index contributed by atoms with van der Waals surface area (Å²) in [5.74, 6) is 1.09. The molecule has 27 heavy (non-hydrogen) atoms. The van der Waals surface area contributed by atoms with Gasteiger partial charge in [0.05, 0.1) is 20.6 Å². The molecule has 2 rings (SSSR count). The lowest BCUT2D eigenvalue weighted by molar-refractivity contribution is -0.126. The predicted octanol–water partition coefficient (Wildman–Crippen LogP) is 3.21. The molecule has 2 N–H and O–H groups in total. The van der Waals surface area contributed by atoms with Crippen LogP contribution in [0.5, 0.6) is 23.0 Å². The van der Waals surface area contributed by atoms with Gasteiger partial charge >= 0.3 is 0 Å². The molecule has 0 radical (unpaired) electrons. The molecule has 0 saturated heterocycles. The molecule has 0 aliphatic heterocycles. The van der Waals surface area contributed by atoms with Crippen molar-refractivity contribution in [3.63, 3.8) is 0 Å². The Kier molecular flexibility index (Phi) is 7.23. The fourth-order valence-electron chi connectivity index (χ4n) is 2.87. The van der Waals surface area contributed by atoms with Crippen LogP contribution in [0.3, 0.4) is 0 Å². The average Bonchev–Trinajstić information content (AvgIpc) is 2.65. The highest BCUT2D eigenvalue weighted by molar-refractivity contribution is 5.99. The van der Waals surface area contributed by atoms with Crippen LogP contribution in [0.1, 0.15) is 30.4 Å². The van der Waals surface area contributed by atoms with Crippen molar-refractivity contribution >= 4 is 11.6 Å². The van der Waals surface area contributed by atoms with Gasteiger partial charge in [0.2, 0.25) is 0 Å². The van der Waals surface area contributed by atoms with E-state index >= 15 is 0 Å². The SMILES string of the molecule is COc1ccc(O)cc1CCC(=O)CC(=O)CCc1cc(O)ccc1OC. The summed E-state index contributed by atoms with van der Waals surface area (Å²) in [6.45, 7) is 0. The number of Topliss-reactive ketones (excluding diaryl/α,β-unsaturated/α-hetero) is 2. The lowest BCUT2D eigenvalue weighted by Gasteiger charge is -2.09. The van der Waals surface area contributed by atoms with Crippen LogP contribution in [-0.4, -0.2) is 36.0 Å². The first kappa shape index (κ1) is 20.3. The first-order valence-electron chi connectivity index (χ1n) is 8.68. The zero-order chi connectivity index (χ0) is 19.8. The van der Waals surface area contributed by atoms with Gasteiger partial charge in [-0.05, 0) is 60.4 Å². The fourth-order valence-corrected chi connectivity index (χ4v) is 2.87. The van der Waals surface area contributed by atoms with Crippen LogP contribution < -0.4 is 9.47 Å². The van der Waals surface area contributed by atoms with E-state index in [2.05, 4.69) is 0 Å². The van der Waals surface area contributed by atoms with Crippen molar-refractivity contribution in [2.75, 3.05) is 14.2 Å². The van der Waals surface area contributed by atoms with Crippen LogP contribution in [0.4, 0.5) is 0 Å². The van der Waals surface area contributed by atoms with E-state index in [4.69, 9.17) is 9.47 Å². The highest BCUT2D eigenvalue weighted by atomic mass is 16.5. The van der Waals surface area contributed by atoms with Crippen LogP contribution in [0.15, 0.2) is 36.4 Å². The minimum absolute atomic E-state index is 0.106. The molecule has 0 amide bonds. The van der Waals surface area contributed by atoms with Gasteiger partial charge in [-0.1, -0.05) is 0 Å². The van der Waals surface area contributed by atoms with E-state index in [1.807, 2.05) is 0 Å². The molecule has 0 spiro atoms. The fraction of sp³-hybridized carbons (Fsp3) is 0.333. The largest absolute Gasteiger partial charge is 0.508 e. The van der Waals surface area contributed by atoms with Gasteiger partial charge in [-0.2, -0.15) is 0 Å². The molecule has 2 aromatic carbocycles. The minimum Gasteiger partial charge on any atom is -0.508 e. The molecule has 2 aromatic rings. The summed E-state index contributed by atoms with van der Waals surface area (Å²) in [6, 6.07) is 9.43. The summed E-state index contributed by atoms with van der Waals surface area (Å²) in [4.78, 5) is 24.2. The molecule has 0 bridgehead atoms. The smallest absolute Gasteiger partial charge is 0.140 e. The summed E-state index contributed by atoms with van der Waals surface area (Å²) < 4.78 is 10.4. The van der Waals surface area contributed by atoms with E-state index in [-0.39, 0.29) is 42.3 Å². The van der Waals surface area contributed by atoms with E-state index in [1.165, 1.54) is 26.4 Å². The second kappa shape index (κ2) is 9.62.